The fraction of sp³-hybridized carbons (Fsp3) is 0.379. The summed E-state index contributed by atoms with van der Waals surface area (Å²) in [6, 6.07) is 18.5. The van der Waals surface area contributed by atoms with Crippen LogP contribution in [0.4, 0.5) is 20.6 Å². The van der Waals surface area contributed by atoms with Crippen molar-refractivity contribution in [2.75, 3.05) is 55.7 Å². The Hall–Kier alpha value is -3.45. The first kappa shape index (κ1) is 24.9. The van der Waals surface area contributed by atoms with Crippen LogP contribution in [0.1, 0.15) is 11.1 Å². The molecule has 2 unspecified atom stereocenters. The van der Waals surface area contributed by atoms with Gasteiger partial charge in [-0.3, -0.25) is 9.80 Å². The summed E-state index contributed by atoms with van der Waals surface area (Å²) >= 11 is 1.36. The molecule has 1 saturated carbocycles. The normalized spacial score (nSPS) is 22.5. The summed E-state index contributed by atoms with van der Waals surface area (Å²) in [5, 5.41) is 11.4. The Morgan fingerprint density at radius 1 is 1.13 bits per heavy atom. The molecule has 2 atom stereocenters. The minimum absolute atomic E-state index is 0.345. The molecule has 196 valence electrons. The Labute approximate surface area is 225 Å². The van der Waals surface area contributed by atoms with Gasteiger partial charge >= 0.3 is 6.09 Å². The summed E-state index contributed by atoms with van der Waals surface area (Å²) in [5.74, 6) is 1.01. The van der Waals surface area contributed by atoms with Gasteiger partial charge in [0.1, 0.15) is 5.82 Å². The number of anilines is 2. The fourth-order valence-corrected chi connectivity index (χ4v) is 6.33. The number of piperidine rings is 1. The van der Waals surface area contributed by atoms with E-state index >= 15 is 4.39 Å². The van der Waals surface area contributed by atoms with Crippen LogP contribution in [0.25, 0.3) is 0 Å². The van der Waals surface area contributed by atoms with Gasteiger partial charge in [-0.2, -0.15) is 5.26 Å². The number of thiophene rings is 1. The van der Waals surface area contributed by atoms with E-state index in [1.165, 1.54) is 23.0 Å². The first-order valence-corrected chi connectivity index (χ1v) is 13.8. The third-order valence-electron chi connectivity index (χ3n) is 7.83. The van der Waals surface area contributed by atoms with Crippen molar-refractivity contribution in [1.82, 2.24) is 4.90 Å². The predicted molar refractivity (Wildman–Crippen MR) is 144 cm³/mol. The molecule has 6 rings (SSSR count). The lowest BCUT2D eigenvalue weighted by Crippen LogP contribution is -2.38. The number of rotatable bonds is 7. The van der Waals surface area contributed by atoms with Crippen LogP contribution in [0.5, 0.6) is 5.06 Å². The predicted octanol–water partition coefficient (Wildman–Crippen LogP) is 4.98. The molecule has 2 aliphatic heterocycles. The summed E-state index contributed by atoms with van der Waals surface area (Å²) in [4.78, 5) is 19.3. The summed E-state index contributed by atoms with van der Waals surface area (Å²) in [5.41, 5.74) is 2.91. The number of morpholine rings is 1. The molecule has 2 saturated heterocycles. The van der Waals surface area contributed by atoms with Gasteiger partial charge in [0.15, 0.2) is 5.06 Å². The SMILES string of the molecule is N#Cc1ccc(CN2CC3C(C2)C3CN(C(=O)Oc2cccs2)c2ccc(N3CCOCC3)c(F)c2)cc1. The minimum Gasteiger partial charge on any atom is -0.399 e. The summed E-state index contributed by atoms with van der Waals surface area (Å²) in [6.07, 6.45) is -0.481. The molecule has 1 aliphatic carbocycles. The zero-order valence-corrected chi connectivity index (χ0v) is 21.8. The molecule has 3 aliphatic rings. The lowest BCUT2D eigenvalue weighted by atomic mass is 10.1. The lowest BCUT2D eigenvalue weighted by Gasteiger charge is -2.30. The Balaban J connectivity index is 1.14. The molecule has 38 heavy (non-hydrogen) atoms. The molecular weight excluding hydrogens is 503 g/mol. The molecule has 3 aromatic rings. The second-order valence-corrected chi connectivity index (χ2v) is 11.1. The first-order chi connectivity index (χ1) is 18.6. The number of ether oxygens (including phenoxy) is 2. The zero-order chi connectivity index (χ0) is 26.1. The van der Waals surface area contributed by atoms with E-state index in [0.29, 0.717) is 72.6 Å². The van der Waals surface area contributed by atoms with Crippen molar-refractivity contribution < 1.29 is 18.7 Å². The molecule has 0 bridgehead atoms. The van der Waals surface area contributed by atoms with Crippen molar-refractivity contribution >= 4 is 28.8 Å². The Bertz CT molecular complexity index is 1310. The van der Waals surface area contributed by atoms with Gasteiger partial charge in [0.25, 0.3) is 0 Å². The Morgan fingerprint density at radius 2 is 1.89 bits per heavy atom. The first-order valence-electron chi connectivity index (χ1n) is 13.0. The molecule has 1 amide bonds. The lowest BCUT2D eigenvalue weighted by molar-refractivity contribution is 0.122. The Morgan fingerprint density at radius 3 is 2.55 bits per heavy atom. The van der Waals surface area contributed by atoms with E-state index in [9.17, 15) is 4.79 Å². The van der Waals surface area contributed by atoms with Crippen molar-refractivity contribution in [3.63, 3.8) is 0 Å². The van der Waals surface area contributed by atoms with E-state index in [1.54, 1.807) is 17.0 Å². The molecular formula is C29H29FN4O3S. The van der Waals surface area contributed by atoms with Gasteiger partial charge in [-0.1, -0.05) is 12.1 Å². The number of hydrogen-bond donors (Lipinski definition) is 0. The number of hydrogen-bond acceptors (Lipinski definition) is 7. The third kappa shape index (κ3) is 5.25. The van der Waals surface area contributed by atoms with Gasteiger partial charge in [-0.05, 0) is 71.2 Å². The van der Waals surface area contributed by atoms with E-state index in [2.05, 4.69) is 11.0 Å². The van der Waals surface area contributed by atoms with Gasteiger partial charge in [0.05, 0.1) is 36.2 Å². The van der Waals surface area contributed by atoms with Crippen molar-refractivity contribution in [3.8, 4) is 11.1 Å². The second kappa shape index (κ2) is 10.7. The van der Waals surface area contributed by atoms with Gasteiger partial charge < -0.3 is 14.4 Å². The van der Waals surface area contributed by atoms with Gasteiger partial charge in [-0.15, -0.1) is 11.3 Å². The number of benzene rings is 2. The number of halogens is 1. The highest BCUT2D eigenvalue weighted by molar-refractivity contribution is 7.11. The van der Waals surface area contributed by atoms with Crippen LogP contribution in [0.2, 0.25) is 0 Å². The third-order valence-corrected chi connectivity index (χ3v) is 8.57. The number of carbonyl (C=O) groups is 1. The van der Waals surface area contributed by atoms with Crippen molar-refractivity contribution in [2.24, 2.45) is 17.8 Å². The van der Waals surface area contributed by atoms with Crippen LogP contribution >= 0.6 is 11.3 Å². The average molecular weight is 533 g/mol. The zero-order valence-electron chi connectivity index (χ0n) is 21.0. The van der Waals surface area contributed by atoms with Gasteiger partial charge in [-0.25, -0.2) is 9.18 Å². The van der Waals surface area contributed by atoms with Gasteiger partial charge in [0, 0.05) is 39.3 Å². The average Bonchev–Trinajstić information content (AvgIpc) is 3.28. The van der Waals surface area contributed by atoms with Crippen LogP contribution in [0.3, 0.4) is 0 Å². The van der Waals surface area contributed by atoms with Crippen LogP contribution < -0.4 is 14.5 Å². The van der Waals surface area contributed by atoms with Gasteiger partial charge in [0.2, 0.25) is 0 Å². The van der Waals surface area contributed by atoms with E-state index in [-0.39, 0.29) is 5.82 Å². The number of fused-ring (bicyclic) bond motifs is 1. The van der Waals surface area contributed by atoms with Crippen LogP contribution in [0.15, 0.2) is 60.0 Å². The van der Waals surface area contributed by atoms with Crippen molar-refractivity contribution in [3.05, 3.63) is 76.9 Å². The largest absolute Gasteiger partial charge is 0.420 e. The second-order valence-electron chi connectivity index (χ2n) is 10.1. The quantitative estimate of drug-likeness (QED) is 0.428. The molecule has 0 N–H and O–H groups in total. The van der Waals surface area contributed by atoms with Crippen molar-refractivity contribution in [1.29, 1.82) is 5.26 Å². The monoisotopic (exact) mass is 532 g/mol. The van der Waals surface area contributed by atoms with E-state index < -0.39 is 6.09 Å². The molecule has 0 radical (unpaired) electrons. The maximum absolute atomic E-state index is 15.2. The summed E-state index contributed by atoms with van der Waals surface area (Å²) < 4.78 is 26.3. The molecule has 3 heterocycles. The topological polar surface area (TPSA) is 69.0 Å². The molecule has 7 nitrogen and oxygen atoms in total. The van der Waals surface area contributed by atoms with E-state index in [4.69, 9.17) is 14.7 Å². The number of amides is 1. The molecule has 9 heteroatoms. The molecule has 2 aromatic carbocycles. The van der Waals surface area contributed by atoms with E-state index in [0.717, 1.165) is 19.6 Å². The Kier molecular flexibility index (Phi) is 7.02. The number of nitriles is 1. The fourth-order valence-electron chi connectivity index (χ4n) is 5.76. The number of likely N-dealkylation sites (tertiary alicyclic amines) is 1. The smallest absolute Gasteiger partial charge is 0.399 e. The van der Waals surface area contributed by atoms with Crippen LogP contribution in [-0.4, -0.2) is 56.9 Å². The van der Waals surface area contributed by atoms with E-state index in [1.807, 2.05) is 46.7 Å². The standard InChI is InChI=1S/C29H29FN4O3S/c30-26-14-22(7-8-27(26)33-9-11-36-12-10-33)34(29(35)37-28-2-1-13-38-28)19-25-23-17-32(18-24(23)25)16-21-5-3-20(15-31)4-6-21/h1-8,13-14,23-25H,9-12,16-19H2. The molecule has 0 spiro atoms. The maximum atomic E-state index is 15.2. The molecule has 3 fully saturated rings. The highest BCUT2D eigenvalue weighted by Crippen LogP contribution is 2.52. The van der Waals surface area contributed by atoms with Crippen molar-refractivity contribution in [2.45, 2.75) is 6.54 Å². The molecule has 1 aromatic heterocycles. The summed E-state index contributed by atoms with van der Waals surface area (Å²) in [7, 11) is 0. The highest BCUT2D eigenvalue weighted by atomic mass is 32.1. The maximum Gasteiger partial charge on any atom is 0.420 e. The van der Waals surface area contributed by atoms with Crippen LogP contribution in [0, 0.1) is 34.9 Å². The van der Waals surface area contributed by atoms with Crippen LogP contribution in [-0.2, 0) is 11.3 Å². The number of carbonyl (C=O) groups excluding carboxylic acids is 1. The number of nitrogens with zero attached hydrogens (tertiary/aromatic N) is 4. The highest BCUT2D eigenvalue weighted by Gasteiger charge is 2.56. The minimum atomic E-state index is -0.481. The summed E-state index contributed by atoms with van der Waals surface area (Å²) in [6.45, 7) is 5.72.